The number of carbonyl (C=O) groups is 6. The number of sulfonamides is 1. The van der Waals surface area contributed by atoms with Crippen molar-refractivity contribution < 1.29 is 46.8 Å². The topological polar surface area (TPSA) is 215 Å². The number of rotatable bonds is 14. The summed E-state index contributed by atoms with van der Waals surface area (Å²) >= 11 is 0. The molecule has 0 spiro atoms. The number of oxime groups is 1. The summed E-state index contributed by atoms with van der Waals surface area (Å²) in [5.41, 5.74) is -0.0393. The van der Waals surface area contributed by atoms with Gasteiger partial charge in [-0.2, -0.15) is 0 Å². The lowest BCUT2D eigenvalue weighted by Gasteiger charge is -2.35. The Morgan fingerprint density at radius 2 is 1.43 bits per heavy atom. The van der Waals surface area contributed by atoms with Gasteiger partial charge in [0, 0.05) is 28.2 Å². The van der Waals surface area contributed by atoms with E-state index in [1.165, 1.54) is 13.2 Å². The van der Waals surface area contributed by atoms with Crippen molar-refractivity contribution in [3.63, 3.8) is 0 Å². The van der Waals surface area contributed by atoms with Crippen LogP contribution in [0, 0.1) is 29.1 Å². The molecule has 15 nitrogen and oxygen atoms in total. The third-order valence-electron chi connectivity index (χ3n) is 12.9. The van der Waals surface area contributed by atoms with Crippen molar-refractivity contribution in [2.45, 2.75) is 114 Å². The first-order valence-corrected chi connectivity index (χ1v) is 22.7. The number of nitrogens with one attached hydrogen (secondary N) is 4. The molecule has 0 radical (unpaired) electrons. The third-order valence-corrected chi connectivity index (χ3v) is 14.7. The molecule has 7 rings (SSSR count). The van der Waals surface area contributed by atoms with Gasteiger partial charge in [-0.25, -0.2) is 13.2 Å². The van der Waals surface area contributed by atoms with Crippen LogP contribution >= 0.6 is 0 Å². The molecule has 0 aromatic heterocycles. The van der Waals surface area contributed by atoms with Crippen molar-refractivity contribution in [3.05, 3.63) is 83.4 Å². The highest BCUT2D eigenvalue weighted by atomic mass is 32.2. The Morgan fingerprint density at radius 1 is 0.852 bits per heavy atom. The van der Waals surface area contributed by atoms with E-state index in [0.717, 1.165) is 32.1 Å². The molecule has 5 aliphatic rings. The summed E-state index contributed by atoms with van der Waals surface area (Å²) < 4.78 is 32.8. The zero-order valence-electron chi connectivity index (χ0n) is 35.0. The minimum atomic E-state index is -3.94. The molecule has 0 heterocycles. The van der Waals surface area contributed by atoms with E-state index < -0.39 is 91.8 Å². The number of benzene rings is 2. The van der Waals surface area contributed by atoms with Gasteiger partial charge in [0.1, 0.15) is 29.4 Å². The Hall–Kier alpha value is -5.38. The fourth-order valence-electron chi connectivity index (χ4n) is 9.10. The predicted molar refractivity (Wildman–Crippen MR) is 224 cm³/mol. The lowest BCUT2D eigenvalue weighted by atomic mass is 9.82. The smallest absolute Gasteiger partial charge is 0.328 e. The quantitative estimate of drug-likeness (QED) is 0.104. The molecule has 326 valence electrons. The largest absolute Gasteiger partial charge is 0.467 e. The second-order valence-corrected chi connectivity index (χ2v) is 20.1. The lowest BCUT2D eigenvalue weighted by Crippen LogP contribution is -2.59. The summed E-state index contributed by atoms with van der Waals surface area (Å²) in [6, 6.07) is 12.0. The van der Waals surface area contributed by atoms with E-state index in [2.05, 4.69) is 32.4 Å². The number of amides is 4. The van der Waals surface area contributed by atoms with Gasteiger partial charge in [-0.05, 0) is 56.3 Å². The van der Waals surface area contributed by atoms with Crippen molar-refractivity contribution >= 4 is 51.1 Å². The minimum absolute atomic E-state index is 0.0194. The highest BCUT2D eigenvalue weighted by Gasteiger charge is 2.62. The minimum Gasteiger partial charge on any atom is -0.467 e. The van der Waals surface area contributed by atoms with Gasteiger partial charge in [-0.1, -0.05) is 99.8 Å². The maximum atomic E-state index is 14.6. The zero-order valence-corrected chi connectivity index (χ0v) is 35.8. The molecule has 7 atom stereocenters. The maximum absolute atomic E-state index is 14.6. The van der Waals surface area contributed by atoms with E-state index in [1.807, 2.05) is 0 Å². The van der Waals surface area contributed by atoms with Gasteiger partial charge in [0.25, 0.3) is 5.91 Å². The molecular formula is C45H55N5O10S. The molecule has 16 heteroatoms. The monoisotopic (exact) mass is 857 g/mol. The predicted octanol–water partition coefficient (Wildman–Crippen LogP) is 3.83. The summed E-state index contributed by atoms with van der Waals surface area (Å²) in [6.07, 6.45) is 5.93. The molecule has 0 saturated heterocycles. The van der Waals surface area contributed by atoms with E-state index in [9.17, 15) is 37.2 Å². The van der Waals surface area contributed by atoms with Gasteiger partial charge in [0.05, 0.1) is 24.2 Å². The standard InChI is InChI=1S/C45H55N5O10S/c1-6-26-24-45(26,43(56)50-61(57,58)28-20-21-28)48-40(53)34-23-27(60-49-36-29-16-10-12-18-31(29)37(51)32-19-13-11-17-30(32)36)22-33(34)39(52)47-38(44(2,3)4)41(54)46-35(42(55)59-5)25-14-8-7-9-15-25/h6,10-13,16-19,25-28,33-35,38H,1,7-9,14-15,20-24H2,2-5H3,(H,46,54)(H,47,52)(H,48,53)(H,50,56)/t26-,27+,33-,34-,35-,38+,45-/m1/s1. The average Bonchev–Trinajstić information content (AvgIpc) is 4.18. The second-order valence-electron chi connectivity index (χ2n) is 18.2. The van der Waals surface area contributed by atoms with Crippen LogP contribution in [0.4, 0.5) is 0 Å². The van der Waals surface area contributed by atoms with Crippen LogP contribution in [-0.4, -0.2) is 85.6 Å². The molecule has 4 amide bonds. The molecule has 2 aromatic rings. The van der Waals surface area contributed by atoms with E-state index in [0.29, 0.717) is 40.8 Å². The first-order chi connectivity index (χ1) is 29.0. The highest BCUT2D eigenvalue weighted by molar-refractivity contribution is 7.91. The normalized spacial score (nSPS) is 25.7. The summed E-state index contributed by atoms with van der Waals surface area (Å²) in [5.74, 6) is -6.39. The molecule has 4 fully saturated rings. The number of ketones is 1. The lowest BCUT2D eigenvalue weighted by molar-refractivity contribution is -0.148. The summed E-state index contributed by atoms with van der Waals surface area (Å²) in [7, 11) is -2.67. The van der Waals surface area contributed by atoms with Gasteiger partial charge in [0.15, 0.2) is 5.78 Å². The fourth-order valence-corrected chi connectivity index (χ4v) is 10.5. The van der Waals surface area contributed by atoms with Gasteiger partial charge in [-0.3, -0.25) is 28.7 Å². The van der Waals surface area contributed by atoms with Crippen molar-refractivity contribution in [1.29, 1.82) is 0 Å². The average molecular weight is 858 g/mol. The van der Waals surface area contributed by atoms with Crippen molar-refractivity contribution in [2.24, 2.45) is 34.2 Å². The Bertz CT molecular complexity index is 2210. The summed E-state index contributed by atoms with van der Waals surface area (Å²) in [5, 5.41) is 12.4. The number of methoxy groups -OCH3 is 1. The van der Waals surface area contributed by atoms with Crippen LogP contribution in [0.15, 0.2) is 66.3 Å². The van der Waals surface area contributed by atoms with Gasteiger partial charge >= 0.3 is 5.97 Å². The van der Waals surface area contributed by atoms with Crippen molar-refractivity contribution in [3.8, 4) is 0 Å². The SMILES string of the molecule is C=C[C@@H]1C[C@]1(NC(=O)[C@@H]1C[C@@H](ON=C2c3ccccc3C(=O)c3ccccc32)C[C@H]1C(=O)N[C@@H](C(=O)N[C@@H](C(=O)OC)C1CCCCC1)C(C)(C)C)C(=O)NS(=O)(=O)C1CC1. The Labute approximate surface area is 356 Å². The van der Waals surface area contributed by atoms with Gasteiger partial charge in [0.2, 0.25) is 27.7 Å². The van der Waals surface area contributed by atoms with E-state index in [1.54, 1.807) is 69.3 Å². The summed E-state index contributed by atoms with van der Waals surface area (Å²) in [4.78, 5) is 89.2. The molecule has 4 N–H and O–H groups in total. The number of hydrogen-bond donors (Lipinski definition) is 4. The Kier molecular flexibility index (Phi) is 12.3. The molecule has 0 aliphatic heterocycles. The maximum Gasteiger partial charge on any atom is 0.328 e. The number of fused-ring (bicyclic) bond motifs is 2. The van der Waals surface area contributed by atoms with Crippen LogP contribution in [0.1, 0.15) is 112 Å². The van der Waals surface area contributed by atoms with Crippen LogP contribution in [-0.2, 0) is 43.6 Å². The number of nitrogens with zero attached hydrogens (tertiary/aromatic N) is 1. The van der Waals surface area contributed by atoms with Crippen LogP contribution in [0.25, 0.3) is 0 Å². The zero-order chi connectivity index (χ0) is 43.9. The van der Waals surface area contributed by atoms with Crippen molar-refractivity contribution in [2.75, 3.05) is 7.11 Å². The van der Waals surface area contributed by atoms with Crippen molar-refractivity contribution in [1.82, 2.24) is 20.7 Å². The first kappa shape index (κ1) is 43.7. The highest BCUT2D eigenvalue weighted by Crippen LogP contribution is 2.46. The Morgan fingerprint density at radius 3 is 1.95 bits per heavy atom. The van der Waals surface area contributed by atoms with Crippen LogP contribution in [0.3, 0.4) is 0 Å². The van der Waals surface area contributed by atoms with Crippen LogP contribution in [0.2, 0.25) is 0 Å². The molecule has 0 bridgehead atoms. The van der Waals surface area contributed by atoms with Crippen LogP contribution in [0.5, 0.6) is 0 Å². The second kappa shape index (κ2) is 17.2. The van der Waals surface area contributed by atoms with E-state index >= 15 is 0 Å². The molecule has 2 aromatic carbocycles. The molecule has 0 unspecified atom stereocenters. The molecule has 4 saturated carbocycles. The fraction of sp³-hybridized carbons (Fsp3) is 0.533. The number of esters is 1. The number of hydrogen-bond acceptors (Lipinski definition) is 11. The third kappa shape index (κ3) is 9.00. The molecule has 5 aliphatic carbocycles. The first-order valence-electron chi connectivity index (χ1n) is 21.2. The van der Waals surface area contributed by atoms with Gasteiger partial charge < -0.3 is 25.5 Å². The molecule has 61 heavy (non-hydrogen) atoms. The molecular weight excluding hydrogens is 803 g/mol. The van der Waals surface area contributed by atoms with Crippen LogP contribution < -0.4 is 20.7 Å². The summed E-state index contributed by atoms with van der Waals surface area (Å²) in [6.45, 7) is 9.11. The van der Waals surface area contributed by atoms with Gasteiger partial charge in [-0.15, -0.1) is 6.58 Å². The number of ether oxygens (including phenoxy) is 1. The number of carbonyl (C=O) groups excluding carboxylic acids is 6. The Balaban J connectivity index is 1.16. The van der Waals surface area contributed by atoms with E-state index in [4.69, 9.17) is 9.57 Å². The van der Waals surface area contributed by atoms with E-state index in [-0.39, 0.29) is 31.0 Å².